The van der Waals surface area contributed by atoms with Crippen LogP contribution in [0.4, 0.5) is 0 Å². The van der Waals surface area contributed by atoms with E-state index in [9.17, 15) is 8.42 Å². The van der Waals surface area contributed by atoms with E-state index in [0.29, 0.717) is 5.75 Å². The molecule has 0 aliphatic heterocycles. The molecule has 94 valence electrons. The van der Waals surface area contributed by atoms with Gasteiger partial charge in [-0.3, -0.25) is 0 Å². The number of primary sulfonamides is 1. The molecule has 1 saturated carbocycles. The highest BCUT2D eigenvalue weighted by molar-refractivity contribution is 7.89. The van der Waals surface area contributed by atoms with Gasteiger partial charge in [-0.1, -0.05) is 19.9 Å². The summed E-state index contributed by atoms with van der Waals surface area (Å²) in [5.74, 6) is 0.694. The summed E-state index contributed by atoms with van der Waals surface area (Å²) in [5, 5.41) is 5.23. The van der Waals surface area contributed by atoms with Gasteiger partial charge in [0, 0.05) is 6.07 Å². The molecule has 2 N–H and O–H groups in total. The van der Waals surface area contributed by atoms with E-state index in [1.54, 1.807) is 6.07 Å². The summed E-state index contributed by atoms with van der Waals surface area (Å²) in [6.07, 6.45) is 2.32. The lowest BCUT2D eigenvalue weighted by Crippen LogP contribution is -2.15. The van der Waals surface area contributed by atoms with Crippen molar-refractivity contribution in [3.63, 3.8) is 0 Å². The van der Waals surface area contributed by atoms with Crippen molar-refractivity contribution in [2.45, 2.75) is 43.6 Å². The molecule has 0 saturated heterocycles. The van der Waals surface area contributed by atoms with Crippen LogP contribution in [0.5, 0.6) is 5.75 Å². The summed E-state index contributed by atoms with van der Waals surface area (Å²) in [6.45, 7) is 3.87. The van der Waals surface area contributed by atoms with E-state index in [0.717, 1.165) is 18.4 Å². The molecule has 2 rings (SSSR count). The van der Waals surface area contributed by atoms with Crippen LogP contribution in [-0.2, 0) is 10.0 Å². The maximum atomic E-state index is 11.5. The van der Waals surface area contributed by atoms with Crippen molar-refractivity contribution in [1.29, 1.82) is 0 Å². The molecule has 5 heteroatoms. The van der Waals surface area contributed by atoms with E-state index < -0.39 is 10.0 Å². The van der Waals surface area contributed by atoms with Gasteiger partial charge in [0.2, 0.25) is 10.0 Å². The summed E-state index contributed by atoms with van der Waals surface area (Å²) in [7, 11) is -3.70. The number of nitrogens with two attached hydrogens (primary N) is 1. The molecule has 17 heavy (non-hydrogen) atoms. The Morgan fingerprint density at radius 2 is 2.00 bits per heavy atom. The zero-order valence-corrected chi connectivity index (χ0v) is 10.8. The van der Waals surface area contributed by atoms with Gasteiger partial charge in [0.1, 0.15) is 5.75 Å². The maximum absolute atomic E-state index is 11.5. The van der Waals surface area contributed by atoms with Crippen molar-refractivity contribution >= 4 is 10.0 Å². The van der Waals surface area contributed by atoms with Gasteiger partial charge in [0.25, 0.3) is 0 Å². The third-order valence-corrected chi connectivity index (χ3v) is 3.71. The predicted molar refractivity (Wildman–Crippen MR) is 65.6 cm³/mol. The molecule has 0 radical (unpaired) electrons. The Morgan fingerprint density at radius 3 is 2.47 bits per heavy atom. The lowest BCUT2D eigenvalue weighted by atomic mass is 10.0. The number of hydrogen-bond acceptors (Lipinski definition) is 3. The molecule has 0 atom stereocenters. The normalized spacial score (nSPS) is 16.2. The number of rotatable bonds is 4. The van der Waals surface area contributed by atoms with Crippen molar-refractivity contribution in [1.82, 2.24) is 0 Å². The number of benzene rings is 1. The highest BCUT2D eigenvalue weighted by Gasteiger charge is 2.25. The number of sulfonamides is 1. The van der Waals surface area contributed by atoms with Gasteiger partial charge in [-0.25, -0.2) is 13.6 Å². The summed E-state index contributed by atoms with van der Waals surface area (Å²) < 4.78 is 28.6. The second-order valence-electron chi connectivity index (χ2n) is 4.72. The Kier molecular flexibility index (Phi) is 3.14. The smallest absolute Gasteiger partial charge is 0.238 e. The van der Waals surface area contributed by atoms with Crippen LogP contribution in [0.3, 0.4) is 0 Å². The van der Waals surface area contributed by atoms with Gasteiger partial charge in [0.15, 0.2) is 0 Å². The van der Waals surface area contributed by atoms with Gasteiger partial charge >= 0.3 is 0 Å². The van der Waals surface area contributed by atoms with E-state index in [1.165, 1.54) is 6.07 Å². The third kappa shape index (κ3) is 2.98. The first-order valence-corrected chi connectivity index (χ1v) is 7.26. The third-order valence-electron chi connectivity index (χ3n) is 2.74. The quantitative estimate of drug-likeness (QED) is 0.894. The summed E-state index contributed by atoms with van der Waals surface area (Å²) in [4.78, 5) is 0.172. The minimum Gasteiger partial charge on any atom is -0.490 e. The average molecular weight is 255 g/mol. The average Bonchev–Trinajstić information content (AvgIpc) is 3.00. The summed E-state index contributed by atoms with van der Waals surface area (Å²) in [6, 6.07) is 5.12. The predicted octanol–water partition coefficient (Wildman–Crippen LogP) is 2.00. The van der Waals surface area contributed by atoms with E-state index in [2.05, 4.69) is 0 Å². The first kappa shape index (κ1) is 12.4. The summed E-state index contributed by atoms with van der Waals surface area (Å²) >= 11 is 0. The lowest BCUT2D eigenvalue weighted by Gasteiger charge is -2.13. The van der Waals surface area contributed by atoms with Crippen molar-refractivity contribution in [3.8, 4) is 5.75 Å². The molecule has 4 nitrogen and oxygen atoms in total. The van der Waals surface area contributed by atoms with Gasteiger partial charge in [-0.05, 0) is 30.4 Å². The van der Waals surface area contributed by atoms with Crippen LogP contribution < -0.4 is 9.88 Å². The zero-order chi connectivity index (χ0) is 12.6. The molecule has 1 fully saturated rings. The van der Waals surface area contributed by atoms with Crippen molar-refractivity contribution in [2.75, 3.05) is 0 Å². The van der Waals surface area contributed by atoms with Crippen LogP contribution in [-0.4, -0.2) is 14.5 Å². The molecule has 0 amide bonds. The second kappa shape index (κ2) is 4.31. The Hall–Kier alpha value is -1.07. The molecular formula is C12H17NO3S. The van der Waals surface area contributed by atoms with Crippen LogP contribution in [0.25, 0.3) is 0 Å². The fourth-order valence-corrected chi connectivity index (χ4v) is 2.60. The van der Waals surface area contributed by atoms with E-state index in [1.807, 2.05) is 19.9 Å². The molecule has 0 aromatic heterocycles. The summed E-state index contributed by atoms with van der Waals surface area (Å²) in [5.41, 5.74) is 0.732. The molecule has 0 heterocycles. The molecule has 1 aliphatic carbocycles. The Labute approximate surface area is 102 Å². The fraction of sp³-hybridized carbons (Fsp3) is 0.500. The largest absolute Gasteiger partial charge is 0.490 e. The van der Waals surface area contributed by atoms with E-state index >= 15 is 0 Å². The number of hydrogen-bond donors (Lipinski definition) is 1. The highest BCUT2D eigenvalue weighted by atomic mass is 32.2. The minimum atomic E-state index is -3.70. The van der Waals surface area contributed by atoms with Crippen molar-refractivity contribution in [2.24, 2.45) is 5.14 Å². The van der Waals surface area contributed by atoms with Gasteiger partial charge < -0.3 is 4.74 Å². The van der Waals surface area contributed by atoms with E-state index in [4.69, 9.17) is 9.88 Å². The first-order valence-electron chi connectivity index (χ1n) is 5.71. The first-order chi connectivity index (χ1) is 7.88. The molecular weight excluding hydrogens is 238 g/mol. The molecule has 0 unspecified atom stereocenters. The van der Waals surface area contributed by atoms with Crippen LogP contribution in [0.1, 0.15) is 38.2 Å². The molecule has 1 aliphatic rings. The topological polar surface area (TPSA) is 69.4 Å². The molecule has 1 aromatic rings. The van der Waals surface area contributed by atoms with E-state index in [-0.39, 0.29) is 16.9 Å². The highest BCUT2D eigenvalue weighted by Crippen LogP contribution is 2.31. The van der Waals surface area contributed by atoms with Crippen LogP contribution in [0, 0.1) is 0 Å². The Morgan fingerprint density at radius 1 is 1.35 bits per heavy atom. The van der Waals surface area contributed by atoms with Crippen LogP contribution in [0.15, 0.2) is 23.1 Å². The number of ether oxygens (including phenoxy) is 1. The standard InChI is InChI=1S/C12H17NO3S/c1-8(2)11-6-5-10(16-9-3-4-9)7-12(11)17(13,14)15/h5-9H,3-4H2,1-2H3,(H2,13,14,15). The Balaban J connectivity index is 2.41. The minimum absolute atomic E-state index is 0.110. The molecule has 0 spiro atoms. The SMILES string of the molecule is CC(C)c1ccc(OC2CC2)cc1S(N)(=O)=O. The van der Waals surface area contributed by atoms with Gasteiger partial charge in [-0.15, -0.1) is 0 Å². The lowest BCUT2D eigenvalue weighted by molar-refractivity contribution is 0.302. The van der Waals surface area contributed by atoms with Crippen molar-refractivity contribution in [3.05, 3.63) is 23.8 Å². The van der Waals surface area contributed by atoms with Gasteiger partial charge in [-0.2, -0.15) is 0 Å². The fourth-order valence-electron chi connectivity index (χ4n) is 1.69. The van der Waals surface area contributed by atoms with Crippen molar-refractivity contribution < 1.29 is 13.2 Å². The van der Waals surface area contributed by atoms with Crippen LogP contribution >= 0.6 is 0 Å². The van der Waals surface area contributed by atoms with Crippen LogP contribution in [0.2, 0.25) is 0 Å². The maximum Gasteiger partial charge on any atom is 0.238 e. The Bertz CT molecular complexity index is 519. The monoisotopic (exact) mass is 255 g/mol. The second-order valence-corrected chi connectivity index (χ2v) is 6.25. The molecule has 1 aromatic carbocycles. The molecule has 0 bridgehead atoms. The zero-order valence-electron chi connectivity index (χ0n) is 10.0. The van der Waals surface area contributed by atoms with Gasteiger partial charge in [0.05, 0.1) is 11.0 Å².